The van der Waals surface area contributed by atoms with Gasteiger partial charge in [-0.3, -0.25) is 0 Å². The van der Waals surface area contributed by atoms with E-state index in [2.05, 4.69) is 9.97 Å². The smallest absolute Gasteiger partial charge is 0.196 e. The number of aromatic nitrogens is 3. The summed E-state index contributed by atoms with van der Waals surface area (Å²) in [4.78, 5) is 8.40. The summed E-state index contributed by atoms with van der Waals surface area (Å²) in [6.07, 6.45) is 0. The first-order chi connectivity index (χ1) is 7.75. The second kappa shape index (κ2) is 3.21. The largest absolute Gasteiger partial charge is 0.426 e. The number of hydrogen-bond acceptors (Lipinski definition) is 5. The molecule has 0 fully saturated rings. The Morgan fingerprint density at radius 1 is 1.38 bits per heavy atom. The van der Waals surface area contributed by atoms with Gasteiger partial charge in [0.15, 0.2) is 5.82 Å². The van der Waals surface area contributed by atoms with Crippen LogP contribution in [0.1, 0.15) is 0 Å². The summed E-state index contributed by atoms with van der Waals surface area (Å²) >= 11 is 1.46. The van der Waals surface area contributed by atoms with Crippen molar-refractivity contribution in [1.82, 2.24) is 14.7 Å². The SMILES string of the molecule is Nc1ccc2c(c1)nc(-c1cscn1)n2O. The number of anilines is 1. The Labute approximate surface area is 94.8 Å². The molecule has 0 amide bonds. The van der Waals surface area contributed by atoms with Gasteiger partial charge in [-0.1, -0.05) is 0 Å². The lowest BCUT2D eigenvalue weighted by atomic mass is 10.3. The van der Waals surface area contributed by atoms with Crippen LogP contribution in [0.3, 0.4) is 0 Å². The quantitative estimate of drug-likeness (QED) is 0.497. The molecule has 0 radical (unpaired) electrons. The van der Waals surface area contributed by atoms with E-state index in [1.165, 1.54) is 11.3 Å². The normalized spacial score (nSPS) is 11.0. The zero-order chi connectivity index (χ0) is 11.1. The van der Waals surface area contributed by atoms with E-state index in [4.69, 9.17) is 5.73 Å². The van der Waals surface area contributed by atoms with Crippen molar-refractivity contribution in [3.8, 4) is 11.5 Å². The first-order valence-corrected chi connectivity index (χ1v) is 5.56. The number of nitrogens with zero attached hydrogens (tertiary/aromatic N) is 3. The van der Waals surface area contributed by atoms with Gasteiger partial charge in [0.25, 0.3) is 0 Å². The van der Waals surface area contributed by atoms with E-state index in [0.29, 0.717) is 28.2 Å². The van der Waals surface area contributed by atoms with E-state index in [1.807, 2.05) is 5.38 Å². The van der Waals surface area contributed by atoms with E-state index in [9.17, 15) is 5.21 Å². The van der Waals surface area contributed by atoms with Gasteiger partial charge in [0.1, 0.15) is 11.2 Å². The lowest BCUT2D eigenvalue weighted by molar-refractivity contribution is 0.203. The minimum Gasteiger partial charge on any atom is -0.426 e. The number of nitrogen functional groups attached to an aromatic ring is 1. The van der Waals surface area contributed by atoms with Gasteiger partial charge >= 0.3 is 0 Å². The van der Waals surface area contributed by atoms with Crippen LogP contribution in [0.15, 0.2) is 29.1 Å². The molecule has 2 heterocycles. The molecule has 0 unspecified atom stereocenters. The Kier molecular flexibility index (Phi) is 1.84. The maximum Gasteiger partial charge on any atom is 0.196 e. The van der Waals surface area contributed by atoms with Crippen molar-refractivity contribution in [3.63, 3.8) is 0 Å². The Morgan fingerprint density at radius 3 is 3.00 bits per heavy atom. The highest BCUT2D eigenvalue weighted by molar-refractivity contribution is 7.07. The number of thiazole rings is 1. The van der Waals surface area contributed by atoms with Crippen molar-refractivity contribution in [3.05, 3.63) is 29.1 Å². The summed E-state index contributed by atoms with van der Waals surface area (Å²) < 4.78 is 1.03. The highest BCUT2D eigenvalue weighted by Gasteiger charge is 2.13. The Bertz CT molecular complexity index is 644. The lowest BCUT2D eigenvalue weighted by Crippen LogP contribution is -1.93. The summed E-state index contributed by atoms with van der Waals surface area (Å²) in [5, 5.41) is 11.8. The molecule has 0 aliphatic rings. The van der Waals surface area contributed by atoms with Crippen LogP contribution in [0.5, 0.6) is 0 Å². The van der Waals surface area contributed by atoms with Crippen LogP contribution in [0.2, 0.25) is 0 Å². The van der Waals surface area contributed by atoms with Crippen molar-refractivity contribution >= 4 is 28.1 Å². The molecule has 6 heteroatoms. The molecule has 5 nitrogen and oxygen atoms in total. The third-order valence-corrected chi connectivity index (χ3v) is 2.90. The first kappa shape index (κ1) is 9.17. The average molecular weight is 232 g/mol. The van der Waals surface area contributed by atoms with Crippen molar-refractivity contribution < 1.29 is 5.21 Å². The molecule has 16 heavy (non-hydrogen) atoms. The summed E-state index contributed by atoms with van der Waals surface area (Å²) in [6, 6.07) is 5.17. The van der Waals surface area contributed by atoms with Crippen molar-refractivity contribution in [2.75, 3.05) is 5.73 Å². The summed E-state index contributed by atoms with van der Waals surface area (Å²) in [5.74, 6) is 0.432. The molecule has 80 valence electrons. The number of rotatable bonds is 1. The fourth-order valence-electron chi connectivity index (χ4n) is 1.57. The highest BCUT2D eigenvalue weighted by atomic mass is 32.1. The molecular formula is C10H8N4OS. The van der Waals surface area contributed by atoms with Crippen LogP contribution >= 0.6 is 11.3 Å². The van der Waals surface area contributed by atoms with Gasteiger partial charge in [-0.25, -0.2) is 9.97 Å². The third kappa shape index (κ3) is 1.24. The minimum absolute atomic E-state index is 0.432. The van der Waals surface area contributed by atoms with Crippen LogP contribution < -0.4 is 5.73 Å². The fourth-order valence-corrected chi connectivity index (χ4v) is 2.10. The molecule has 0 atom stereocenters. The number of benzene rings is 1. The van der Waals surface area contributed by atoms with E-state index in [-0.39, 0.29) is 0 Å². The maximum atomic E-state index is 9.93. The average Bonchev–Trinajstić information content (AvgIpc) is 2.86. The zero-order valence-electron chi connectivity index (χ0n) is 8.16. The molecule has 0 saturated carbocycles. The van der Waals surface area contributed by atoms with Gasteiger partial charge in [0, 0.05) is 11.1 Å². The van der Waals surface area contributed by atoms with Crippen LogP contribution in [-0.4, -0.2) is 19.9 Å². The summed E-state index contributed by atoms with van der Waals surface area (Å²) in [5.41, 5.74) is 9.91. The Balaban J connectivity index is 2.31. The van der Waals surface area contributed by atoms with Gasteiger partial charge in [-0.15, -0.1) is 11.3 Å². The zero-order valence-corrected chi connectivity index (χ0v) is 8.98. The predicted octanol–water partition coefficient (Wildman–Crippen LogP) is 1.98. The fraction of sp³-hybridized carbons (Fsp3) is 0. The van der Waals surface area contributed by atoms with Gasteiger partial charge in [-0.05, 0) is 18.2 Å². The van der Waals surface area contributed by atoms with Crippen molar-refractivity contribution in [2.45, 2.75) is 0 Å². The standard InChI is InChI=1S/C10H8N4OS/c11-6-1-2-9-7(3-6)13-10(14(9)15)8-4-16-5-12-8/h1-5,15H,11H2. The lowest BCUT2D eigenvalue weighted by Gasteiger charge is -1.96. The highest BCUT2D eigenvalue weighted by Crippen LogP contribution is 2.24. The number of hydrogen-bond donors (Lipinski definition) is 2. The van der Waals surface area contributed by atoms with E-state index in [1.54, 1.807) is 23.7 Å². The molecule has 3 aromatic rings. The predicted molar refractivity (Wildman–Crippen MR) is 62.4 cm³/mol. The molecule has 0 saturated heterocycles. The van der Waals surface area contributed by atoms with E-state index in [0.717, 1.165) is 4.73 Å². The van der Waals surface area contributed by atoms with Gasteiger partial charge < -0.3 is 10.9 Å². The second-order valence-corrected chi connectivity index (χ2v) is 4.09. The summed E-state index contributed by atoms with van der Waals surface area (Å²) in [7, 11) is 0. The molecule has 0 bridgehead atoms. The molecule has 0 aliphatic heterocycles. The van der Waals surface area contributed by atoms with Crippen LogP contribution in [0.25, 0.3) is 22.6 Å². The number of fused-ring (bicyclic) bond motifs is 1. The molecule has 3 rings (SSSR count). The van der Waals surface area contributed by atoms with Gasteiger partial charge in [-0.2, -0.15) is 4.73 Å². The van der Waals surface area contributed by atoms with Crippen LogP contribution in [-0.2, 0) is 0 Å². The Hall–Kier alpha value is -2.08. The van der Waals surface area contributed by atoms with Gasteiger partial charge in [0.05, 0.1) is 11.0 Å². The molecular weight excluding hydrogens is 224 g/mol. The number of nitrogens with two attached hydrogens (primary N) is 1. The maximum absolute atomic E-state index is 9.93. The molecule has 0 aliphatic carbocycles. The van der Waals surface area contributed by atoms with Gasteiger partial charge in [0.2, 0.25) is 0 Å². The van der Waals surface area contributed by atoms with Crippen LogP contribution in [0, 0.1) is 0 Å². The Morgan fingerprint density at radius 2 is 2.25 bits per heavy atom. The third-order valence-electron chi connectivity index (χ3n) is 2.32. The summed E-state index contributed by atoms with van der Waals surface area (Å²) in [6.45, 7) is 0. The van der Waals surface area contributed by atoms with Crippen molar-refractivity contribution in [2.24, 2.45) is 0 Å². The topological polar surface area (TPSA) is 77.0 Å². The molecule has 0 spiro atoms. The number of imidazole rings is 1. The van der Waals surface area contributed by atoms with E-state index >= 15 is 0 Å². The minimum atomic E-state index is 0.432. The first-order valence-electron chi connectivity index (χ1n) is 4.61. The monoisotopic (exact) mass is 232 g/mol. The molecule has 2 aromatic heterocycles. The molecule has 1 aromatic carbocycles. The van der Waals surface area contributed by atoms with Crippen LogP contribution in [0.4, 0.5) is 5.69 Å². The molecule has 3 N–H and O–H groups in total. The second-order valence-electron chi connectivity index (χ2n) is 3.37. The van der Waals surface area contributed by atoms with Crippen molar-refractivity contribution in [1.29, 1.82) is 0 Å². The van der Waals surface area contributed by atoms with E-state index < -0.39 is 0 Å².